The summed E-state index contributed by atoms with van der Waals surface area (Å²) < 4.78 is 0. The zero-order valence-corrected chi connectivity index (χ0v) is 8.75. The topological polar surface area (TPSA) is 52.5 Å². The molecule has 0 saturated heterocycles. The van der Waals surface area contributed by atoms with Crippen LogP contribution in [0.4, 0.5) is 5.69 Å². The molecule has 0 fully saturated rings. The molecule has 0 amide bonds. The number of hydrogen-bond acceptors (Lipinski definition) is 3. The molecular formula is C10H14ClNO2. The molecule has 0 aliphatic rings. The molecule has 78 valence electrons. The van der Waals surface area contributed by atoms with E-state index in [1.165, 1.54) is 0 Å². The lowest BCUT2D eigenvalue weighted by Gasteiger charge is -2.12. The maximum Gasteiger partial charge on any atom is 0.0942 e. The first-order chi connectivity index (χ1) is 6.65. The van der Waals surface area contributed by atoms with E-state index in [9.17, 15) is 0 Å². The summed E-state index contributed by atoms with van der Waals surface area (Å²) in [6.07, 6.45) is -0.742. The fourth-order valence-corrected chi connectivity index (χ4v) is 1.27. The zero-order chi connectivity index (χ0) is 10.6. The van der Waals surface area contributed by atoms with Crippen molar-refractivity contribution in [1.82, 2.24) is 0 Å². The minimum atomic E-state index is -0.742. The van der Waals surface area contributed by atoms with E-state index < -0.39 is 6.10 Å². The third-order valence-corrected chi connectivity index (χ3v) is 2.42. The Bertz CT molecular complexity index is 304. The lowest BCUT2D eigenvalue weighted by atomic mass is 10.2. The van der Waals surface area contributed by atoms with Crippen LogP contribution in [0.3, 0.4) is 0 Å². The summed E-state index contributed by atoms with van der Waals surface area (Å²) in [5.74, 6) is 0. The van der Waals surface area contributed by atoms with Crippen LogP contribution in [0.25, 0.3) is 0 Å². The zero-order valence-electron chi connectivity index (χ0n) is 8.00. The Morgan fingerprint density at radius 1 is 1.50 bits per heavy atom. The van der Waals surface area contributed by atoms with Gasteiger partial charge in [-0.25, -0.2) is 0 Å². The van der Waals surface area contributed by atoms with Crippen molar-refractivity contribution in [1.29, 1.82) is 0 Å². The average Bonchev–Trinajstić information content (AvgIpc) is 2.20. The highest BCUT2D eigenvalue weighted by molar-refractivity contribution is 6.31. The minimum absolute atomic E-state index is 0.243. The molecule has 3 N–H and O–H groups in total. The molecule has 0 radical (unpaired) electrons. The molecule has 0 aliphatic carbocycles. The summed E-state index contributed by atoms with van der Waals surface area (Å²) in [6, 6.07) is 5.53. The van der Waals surface area contributed by atoms with Crippen molar-refractivity contribution in [3.8, 4) is 0 Å². The van der Waals surface area contributed by atoms with Crippen molar-refractivity contribution in [3.63, 3.8) is 0 Å². The first-order valence-corrected chi connectivity index (χ1v) is 4.81. The number of nitrogens with one attached hydrogen (secondary N) is 1. The summed E-state index contributed by atoms with van der Waals surface area (Å²) in [7, 11) is 0. The maximum atomic E-state index is 9.13. The first kappa shape index (κ1) is 11.3. The Morgan fingerprint density at radius 3 is 2.86 bits per heavy atom. The molecule has 4 heteroatoms. The van der Waals surface area contributed by atoms with Crippen molar-refractivity contribution in [2.24, 2.45) is 0 Å². The molecule has 1 aromatic carbocycles. The van der Waals surface area contributed by atoms with Crippen molar-refractivity contribution in [2.75, 3.05) is 18.5 Å². The SMILES string of the molecule is Cc1c(Cl)cccc1NCC(O)CO. The van der Waals surface area contributed by atoms with E-state index >= 15 is 0 Å². The molecule has 1 unspecified atom stereocenters. The van der Waals surface area contributed by atoms with Gasteiger partial charge in [-0.15, -0.1) is 0 Å². The van der Waals surface area contributed by atoms with Crippen LogP contribution >= 0.6 is 11.6 Å². The van der Waals surface area contributed by atoms with Gasteiger partial charge in [0, 0.05) is 17.3 Å². The van der Waals surface area contributed by atoms with Gasteiger partial charge in [-0.3, -0.25) is 0 Å². The van der Waals surface area contributed by atoms with E-state index in [4.69, 9.17) is 21.8 Å². The average molecular weight is 216 g/mol. The second-order valence-corrected chi connectivity index (χ2v) is 3.54. The highest BCUT2D eigenvalue weighted by Gasteiger charge is 2.04. The summed E-state index contributed by atoms with van der Waals surface area (Å²) in [5, 5.41) is 21.5. The van der Waals surface area contributed by atoms with Gasteiger partial charge >= 0.3 is 0 Å². The van der Waals surface area contributed by atoms with E-state index in [1.54, 1.807) is 0 Å². The summed E-state index contributed by atoms with van der Waals surface area (Å²) in [4.78, 5) is 0. The number of anilines is 1. The molecule has 1 rings (SSSR count). The second-order valence-electron chi connectivity index (χ2n) is 3.13. The Balaban J connectivity index is 2.63. The second kappa shape index (κ2) is 5.20. The van der Waals surface area contributed by atoms with Crippen LogP contribution in [0.15, 0.2) is 18.2 Å². The van der Waals surface area contributed by atoms with Crippen LogP contribution in [0.2, 0.25) is 5.02 Å². The molecule has 0 aromatic heterocycles. The molecule has 0 aliphatic heterocycles. The number of aliphatic hydroxyl groups excluding tert-OH is 2. The van der Waals surface area contributed by atoms with Crippen LogP contribution in [0, 0.1) is 6.92 Å². The Kier molecular flexibility index (Phi) is 4.20. The third kappa shape index (κ3) is 2.87. The number of benzene rings is 1. The lowest BCUT2D eigenvalue weighted by Crippen LogP contribution is -2.23. The molecule has 1 atom stereocenters. The van der Waals surface area contributed by atoms with Gasteiger partial charge in [0.05, 0.1) is 12.7 Å². The fourth-order valence-electron chi connectivity index (χ4n) is 1.09. The highest BCUT2D eigenvalue weighted by atomic mass is 35.5. The fraction of sp³-hybridized carbons (Fsp3) is 0.400. The van der Waals surface area contributed by atoms with E-state index in [1.807, 2.05) is 25.1 Å². The Hall–Kier alpha value is -0.770. The molecule has 0 saturated carbocycles. The van der Waals surface area contributed by atoms with Gasteiger partial charge in [-0.05, 0) is 24.6 Å². The highest BCUT2D eigenvalue weighted by Crippen LogP contribution is 2.22. The van der Waals surface area contributed by atoms with Gasteiger partial charge in [0.2, 0.25) is 0 Å². The molecule has 1 aromatic rings. The van der Waals surface area contributed by atoms with Crippen LogP contribution in [-0.4, -0.2) is 29.5 Å². The van der Waals surface area contributed by atoms with Crippen LogP contribution in [-0.2, 0) is 0 Å². The molecular weight excluding hydrogens is 202 g/mol. The first-order valence-electron chi connectivity index (χ1n) is 4.43. The Morgan fingerprint density at radius 2 is 2.21 bits per heavy atom. The molecule has 0 spiro atoms. The largest absolute Gasteiger partial charge is 0.394 e. The molecule has 0 bridgehead atoms. The smallest absolute Gasteiger partial charge is 0.0942 e. The van der Waals surface area contributed by atoms with Gasteiger partial charge < -0.3 is 15.5 Å². The standard InChI is InChI=1S/C10H14ClNO2/c1-7-9(11)3-2-4-10(7)12-5-8(14)6-13/h2-4,8,12-14H,5-6H2,1H3. The Labute approximate surface area is 88.3 Å². The van der Waals surface area contributed by atoms with Crippen molar-refractivity contribution in [3.05, 3.63) is 28.8 Å². The van der Waals surface area contributed by atoms with E-state index in [0.29, 0.717) is 11.6 Å². The van der Waals surface area contributed by atoms with Gasteiger partial charge in [0.1, 0.15) is 0 Å². The number of aliphatic hydroxyl groups is 2. The summed E-state index contributed by atoms with van der Waals surface area (Å²) >= 11 is 5.91. The number of hydrogen-bond donors (Lipinski definition) is 3. The quantitative estimate of drug-likeness (QED) is 0.712. The number of halogens is 1. The lowest BCUT2D eigenvalue weighted by molar-refractivity contribution is 0.105. The van der Waals surface area contributed by atoms with E-state index in [-0.39, 0.29) is 6.61 Å². The van der Waals surface area contributed by atoms with Gasteiger partial charge in [0.25, 0.3) is 0 Å². The van der Waals surface area contributed by atoms with E-state index in [0.717, 1.165) is 11.3 Å². The van der Waals surface area contributed by atoms with E-state index in [2.05, 4.69) is 5.32 Å². The maximum absolute atomic E-state index is 9.13. The summed E-state index contributed by atoms with van der Waals surface area (Å²) in [6.45, 7) is 1.97. The monoisotopic (exact) mass is 215 g/mol. The van der Waals surface area contributed by atoms with Crippen LogP contribution in [0.1, 0.15) is 5.56 Å². The van der Waals surface area contributed by atoms with Gasteiger partial charge in [-0.2, -0.15) is 0 Å². The number of rotatable bonds is 4. The molecule has 3 nitrogen and oxygen atoms in total. The van der Waals surface area contributed by atoms with Crippen molar-refractivity contribution >= 4 is 17.3 Å². The summed E-state index contributed by atoms with van der Waals surface area (Å²) in [5.41, 5.74) is 1.82. The van der Waals surface area contributed by atoms with Gasteiger partial charge in [-0.1, -0.05) is 17.7 Å². The normalized spacial score (nSPS) is 12.6. The van der Waals surface area contributed by atoms with Crippen molar-refractivity contribution < 1.29 is 10.2 Å². The van der Waals surface area contributed by atoms with Gasteiger partial charge in [0.15, 0.2) is 0 Å². The predicted molar refractivity (Wildman–Crippen MR) is 57.8 cm³/mol. The minimum Gasteiger partial charge on any atom is -0.394 e. The molecule has 14 heavy (non-hydrogen) atoms. The van der Waals surface area contributed by atoms with Crippen LogP contribution in [0.5, 0.6) is 0 Å². The molecule has 0 heterocycles. The predicted octanol–water partition coefficient (Wildman–Crippen LogP) is 1.41. The van der Waals surface area contributed by atoms with Crippen LogP contribution < -0.4 is 5.32 Å². The third-order valence-electron chi connectivity index (χ3n) is 2.01. The van der Waals surface area contributed by atoms with Crippen molar-refractivity contribution in [2.45, 2.75) is 13.0 Å².